The van der Waals surface area contributed by atoms with E-state index in [1.807, 2.05) is 13.0 Å². The maximum absolute atomic E-state index is 10.7. The van der Waals surface area contributed by atoms with Crippen LogP contribution in [0.4, 0.5) is 5.69 Å². The Bertz CT molecular complexity index is 413. The van der Waals surface area contributed by atoms with Crippen LogP contribution in [0.1, 0.15) is 16.7 Å². The molecule has 4 heteroatoms. The van der Waals surface area contributed by atoms with Crippen LogP contribution in [0.15, 0.2) is 18.2 Å². The molecular weight excluding hydrogens is 214 g/mol. The summed E-state index contributed by atoms with van der Waals surface area (Å²) in [4.78, 5) is 10.3. The minimum atomic E-state index is -0.368. The van der Waals surface area contributed by atoms with Crippen LogP contribution in [0.5, 0.6) is 0 Å². The largest absolute Gasteiger partial charge is 0.272 e. The highest BCUT2D eigenvalue weighted by Gasteiger charge is 2.11. The summed E-state index contributed by atoms with van der Waals surface area (Å²) >= 11 is 5.52. The van der Waals surface area contributed by atoms with Crippen molar-refractivity contribution in [2.24, 2.45) is 0 Å². The van der Waals surface area contributed by atoms with Gasteiger partial charge in [-0.3, -0.25) is 10.1 Å². The van der Waals surface area contributed by atoms with Gasteiger partial charge in [-0.25, -0.2) is 0 Å². The minimum absolute atomic E-state index is 0.148. The van der Waals surface area contributed by atoms with Gasteiger partial charge in [0.05, 0.1) is 4.92 Å². The fourth-order valence-electron chi connectivity index (χ4n) is 1.40. The summed E-state index contributed by atoms with van der Waals surface area (Å²) in [5, 5.41) is 10.7. The predicted molar refractivity (Wildman–Crippen MR) is 62.3 cm³/mol. The van der Waals surface area contributed by atoms with Crippen LogP contribution in [0.25, 0.3) is 6.08 Å². The average Bonchev–Trinajstić information content (AvgIpc) is 2.16. The summed E-state index contributed by atoms with van der Waals surface area (Å²) in [7, 11) is 0. The van der Waals surface area contributed by atoms with Crippen LogP contribution in [-0.2, 0) is 0 Å². The summed E-state index contributed by atoms with van der Waals surface area (Å²) in [6, 6.07) is 3.39. The van der Waals surface area contributed by atoms with Crippen molar-refractivity contribution in [1.29, 1.82) is 0 Å². The SMILES string of the molecule is Cc1cc(C)c([N+](=O)[O-])cc1C=CCCl. The Labute approximate surface area is 93.5 Å². The van der Waals surface area contributed by atoms with Crippen LogP contribution in [0.2, 0.25) is 0 Å². The highest BCUT2D eigenvalue weighted by molar-refractivity contribution is 6.19. The smallest absolute Gasteiger partial charge is 0.258 e. The zero-order valence-electron chi connectivity index (χ0n) is 8.66. The van der Waals surface area contributed by atoms with Crippen molar-refractivity contribution in [2.45, 2.75) is 13.8 Å². The van der Waals surface area contributed by atoms with E-state index in [1.165, 1.54) is 0 Å². The molecule has 0 aromatic heterocycles. The lowest BCUT2D eigenvalue weighted by atomic mass is 10.0. The molecule has 15 heavy (non-hydrogen) atoms. The molecule has 0 saturated heterocycles. The van der Waals surface area contributed by atoms with E-state index in [2.05, 4.69) is 0 Å². The van der Waals surface area contributed by atoms with E-state index in [0.717, 1.165) is 11.1 Å². The van der Waals surface area contributed by atoms with Gasteiger partial charge in [-0.1, -0.05) is 12.2 Å². The molecule has 0 amide bonds. The number of hydrogen-bond acceptors (Lipinski definition) is 2. The lowest BCUT2D eigenvalue weighted by Crippen LogP contribution is -1.94. The maximum atomic E-state index is 10.7. The zero-order chi connectivity index (χ0) is 11.4. The number of hydrogen-bond donors (Lipinski definition) is 0. The number of nitro benzene ring substituents is 1. The number of halogens is 1. The summed E-state index contributed by atoms with van der Waals surface area (Å²) < 4.78 is 0. The van der Waals surface area contributed by atoms with Gasteiger partial charge >= 0.3 is 0 Å². The van der Waals surface area contributed by atoms with Crippen molar-refractivity contribution in [3.8, 4) is 0 Å². The first-order valence-corrected chi connectivity index (χ1v) is 5.08. The Morgan fingerprint density at radius 1 is 1.40 bits per heavy atom. The second kappa shape index (κ2) is 4.94. The molecule has 0 aliphatic heterocycles. The molecule has 0 N–H and O–H groups in total. The molecule has 0 unspecified atom stereocenters. The maximum Gasteiger partial charge on any atom is 0.272 e. The number of allylic oxidation sites excluding steroid dienone is 1. The van der Waals surface area contributed by atoms with Crippen LogP contribution >= 0.6 is 11.6 Å². The van der Waals surface area contributed by atoms with Gasteiger partial charge in [0.15, 0.2) is 0 Å². The zero-order valence-corrected chi connectivity index (χ0v) is 9.41. The summed E-state index contributed by atoms with van der Waals surface area (Å²) in [5.41, 5.74) is 2.68. The Morgan fingerprint density at radius 2 is 2.07 bits per heavy atom. The third-order valence-electron chi connectivity index (χ3n) is 2.17. The summed E-state index contributed by atoms with van der Waals surface area (Å²) in [5.74, 6) is 0.404. The molecule has 80 valence electrons. The number of alkyl halides is 1. The molecule has 1 aromatic rings. The van der Waals surface area contributed by atoms with Crippen molar-refractivity contribution >= 4 is 23.4 Å². The first kappa shape index (κ1) is 11.7. The highest BCUT2D eigenvalue weighted by atomic mass is 35.5. The van der Waals surface area contributed by atoms with E-state index >= 15 is 0 Å². The van der Waals surface area contributed by atoms with Crippen molar-refractivity contribution in [3.05, 3.63) is 45.0 Å². The van der Waals surface area contributed by atoms with Crippen molar-refractivity contribution in [3.63, 3.8) is 0 Å². The topological polar surface area (TPSA) is 43.1 Å². The fraction of sp³-hybridized carbons (Fsp3) is 0.273. The Kier molecular flexibility index (Phi) is 3.86. The van der Waals surface area contributed by atoms with Crippen LogP contribution in [0.3, 0.4) is 0 Å². The quantitative estimate of drug-likeness (QED) is 0.449. The van der Waals surface area contributed by atoms with E-state index in [9.17, 15) is 10.1 Å². The fourth-order valence-corrected chi connectivity index (χ4v) is 1.49. The molecule has 0 heterocycles. The monoisotopic (exact) mass is 225 g/mol. The summed E-state index contributed by atoms with van der Waals surface area (Å²) in [6.07, 6.45) is 3.57. The number of benzene rings is 1. The molecule has 3 nitrogen and oxygen atoms in total. The predicted octanol–water partition coefficient (Wildman–Crippen LogP) is 3.46. The molecule has 0 radical (unpaired) electrons. The molecule has 0 atom stereocenters. The number of aryl methyl sites for hydroxylation is 2. The van der Waals surface area contributed by atoms with Crippen molar-refractivity contribution < 1.29 is 4.92 Å². The van der Waals surface area contributed by atoms with Crippen LogP contribution in [-0.4, -0.2) is 10.8 Å². The lowest BCUT2D eigenvalue weighted by Gasteiger charge is -2.03. The normalized spacial score (nSPS) is 10.9. The van der Waals surface area contributed by atoms with Gasteiger partial charge in [0.1, 0.15) is 0 Å². The second-order valence-electron chi connectivity index (χ2n) is 3.31. The molecular formula is C11H12ClNO2. The number of nitro groups is 1. The first-order valence-electron chi connectivity index (χ1n) is 4.54. The van der Waals surface area contributed by atoms with E-state index in [0.29, 0.717) is 11.4 Å². The Morgan fingerprint density at radius 3 is 2.60 bits per heavy atom. The molecule has 0 spiro atoms. The van der Waals surface area contributed by atoms with Gasteiger partial charge in [0, 0.05) is 17.5 Å². The molecule has 1 aromatic carbocycles. The first-order chi connectivity index (χ1) is 7.06. The van der Waals surface area contributed by atoms with E-state index in [-0.39, 0.29) is 10.6 Å². The number of nitrogens with zero attached hydrogens (tertiary/aromatic N) is 1. The summed E-state index contributed by atoms with van der Waals surface area (Å²) in [6.45, 7) is 3.66. The van der Waals surface area contributed by atoms with Gasteiger partial charge in [-0.05, 0) is 31.0 Å². The van der Waals surface area contributed by atoms with Crippen LogP contribution < -0.4 is 0 Å². The lowest BCUT2D eigenvalue weighted by molar-refractivity contribution is -0.385. The van der Waals surface area contributed by atoms with Gasteiger partial charge < -0.3 is 0 Å². The molecule has 0 fully saturated rings. The third kappa shape index (κ3) is 2.80. The van der Waals surface area contributed by atoms with Gasteiger partial charge in [0.2, 0.25) is 0 Å². The highest BCUT2D eigenvalue weighted by Crippen LogP contribution is 2.23. The second-order valence-corrected chi connectivity index (χ2v) is 3.62. The average molecular weight is 226 g/mol. The van der Waals surface area contributed by atoms with E-state index < -0.39 is 0 Å². The molecule has 1 rings (SSSR count). The standard InChI is InChI=1S/C11H12ClNO2/c1-8-6-9(2)11(13(14)15)7-10(8)4-3-5-12/h3-4,6-7H,5H2,1-2H3. The molecule has 0 aliphatic rings. The van der Waals surface area contributed by atoms with E-state index in [1.54, 1.807) is 25.1 Å². The van der Waals surface area contributed by atoms with Crippen LogP contribution in [0, 0.1) is 24.0 Å². The Hall–Kier alpha value is -1.35. The molecule has 0 bridgehead atoms. The Balaban J connectivity index is 3.23. The van der Waals surface area contributed by atoms with E-state index in [4.69, 9.17) is 11.6 Å². The van der Waals surface area contributed by atoms with Crippen molar-refractivity contribution in [1.82, 2.24) is 0 Å². The van der Waals surface area contributed by atoms with Gasteiger partial charge in [-0.15, -0.1) is 11.6 Å². The van der Waals surface area contributed by atoms with Crippen molar-refractivity contribution in [2.75, 3.05) is 5.88 Å². The molecule has 0 aliphatic carbocycles. The van der Waals surface area contributed by atoms with Gasteiger partial charge in [-0.2, -0.15) is 0 Å². The van der Waals surface area contributed by atoms with Gasteiger partial charge in [0.25, 0.3) is 5.69 Å². The number of rotatable bonds is 3. The minimum Gasteiger partial charge on any atom is -0.258 e. The third-order valence-corrected chi connectivity index (χ3v) is 2.35. The molecule has 0 saturated carbocycles.